The van der Waals surface area contributed by atoms with Crippen molar-refractivity contribution in [3.8, 4) is 17.4 Å². The van der Waals surface area contributed by atoms with E-state index < -0.39 is 10.8 Å². The highest BCUT2D eigenvalue weighted by molar-refractivity contribution is 7.85. The highest BCUT2D eigenvalue weighted by atomic mass is 32.2. The summed E-state index contributed by atoms with van der Waals surface area (Å²) in [4.78, 5) is 17.6. The van der Waals surface area contributed by atoms with Crippen molar-refractivity contribution in [2.24, 2.45) is 0 Å². The van der Waals surface area contributed by atoms with Gasteiger partial charge in [0.1, 0.15) is 11.5 Å². The van der Waals surface area contributed by atoms with Gasteiger partial charge in [-0.2, -0.15) is 0 Å². The van der Waals surface area contributed by atoms with Gasteiger partial charge in [0.2, 0.25) is 5.88 Å². The molecule has 0 saturated carbocycles. The maximum atomic E-state index is 12.7. The summed E-state index contributed by atoms with van der Waals surface area (Å²) in [6.07, 6.45) is 2.58. The molecule has 1 amide bonds. The maximum Gasteiger partial charge on any atom is 0.252 e. The predicted molar refractivity (Wildman–Crippen MR) is 121 cm³/mol. The Morgan fingerprint density at radius 2 is 1.74 bits per heavy atom. The quantitative estimate of drug-likeness (QED) is 0.496. The van der Waals surface area contributed by atoms with Crippen LogP contribution in [0.3, 0.4) is 0 Å². The number of amides is 1. The molecule has 2 aromatic carbocycles. The minimum Gasteiger partial charge on any atom is -0.494 e. The second-order valence-corrected chi connectivity index (χ2v) is 8.41. The van der Waals surface area contributed by atoms with Crippen molar-refractivity contribution in [1.29, 1.82) is 0 Å². The van der Waals surface area contributed by atoms with E-state index in [1.807, 2.05) is 37.3 Å². The van der Waals surface area contributed by atoms with Crippen LogP contribution in [0.5, 0.6) is 17.4 Å². The Hall–Kier alpha value is -3.19. The molecule has 0 fully saturated rings. The third-order valence-electron chi connectivity index (χ3n) is 4.44. The van der Waals surface area contributed by atoms with Gasteiger partial charge in [-0.3, -0.25) is 9.00 Å². The molecule has 1 unspecified atom stereocenters. The predicted octanol–water partition coefficient (Wildman–Crippen LogP) is 4.72. The minimum atomic E-state index is -1.21. The number of hydrogen-bond acceptors (Lipinski definition) is 5. The molecule has 0 spiro atoms. The third-order valence-corrected chi connectivity index (χ3v) is 5.81. The highest BCUT2D eigenvalue weighted by Crippen LogP contribution is 2.25. The van der Waals surface area contributed by atoms with Gasteiger partial charge in [-0.25, -0.2) is 4.98 Å². The van der Waals surface area contributed by atoms with Gasteiger partial charge in [-0.05, 0) is 48.9 Å². The summed E-state index contributed by atoms with van der Waals surface area (Å²) in [7, 11) is -1.21. The molecule has 0 saturated heterocycles. The molecule has 0 bridgehead atoms. The first-order valence-corrected chi connectivity index (χ1v) is 11.5. The number of rotatable bonds is 10. The number of nitrogens with zero attached hydrogens (tertiary/aromatic N) is 1. The average Bonchev–Trinajstić information content (AvgIpc) is 2.82. The lowest BCUT2D eigenvalue weighted by Gasteiger charge is -2.12. The average molecular weight is 439 g/mol. The van der Waals surface area contributed by atoms with Crippen LogP contribution in [0.15, 0.2) is 71.8 Å². The Balaban J connectivity index is 1.69. The molecule has 162 valence electrons. The molecule has 0 aliphatic carbocycles. The zero-order valence-electron chi connectivity index (χ0n) is 17.7. The first kappa shape index (κ1) is 22.5. The van der Waals surface area contributed by atoms with E-state index in [1.54, 1.807) is 36.5 Å². The molecule has 1 heterocycles. The van der Waals surface area contributed by atoms with Crippen LogP contribution < -0.4 is 14.8 Å². The number of carbonyl (C=O) groups excluding carboxylic acids is 1. The van der Waals surface area contributed by atoms with Crippen LogP contribution in [-0.2, 0) is 17.3 Å². The van der Waals surface area contributed by atoms with E-state index in [2.05, 4.69) is 17.2 Å². The Kier molecular flexibility index (Phi) is 8.18. The van der Waals surface area contributed by atoms with E-state index in [0.717, 1.165) is 17.7 Å². The van der Waals surface area contributed by atoms with Gasteiger partial charge in [0.05, 0.1) is 27.9 Å². The SMILES string of the molecule is CCCOc1ccc(Oc2ncccc2CNC(=O)c2ccccc2S(=O)CC)cc1. The zero-order valence-corrected chi connectivity index (χ0v) is 18.5. The summed E-state index contributed by atoms with van der Waals surface area (Å²) in [6.45, 7) is 4.78. The summed E-state index contributed by atoms with van der Waals surface area (Å²) >= 11 is 0. The molecule has 1 aromatic heterocycles. The van der Waals surface area contributed by atoms with E-state index >= 15 is 0 Å². The number of hydrogen-bond donors (Lipinski definition) is 1. The molecule has 7 heteroatoms. The fraction of sp³-hybridized carbons (Fsp3) is 0.250. The molecule has 3 aromatic rings. The fourth-order valence-corrected chi connectivity index (χ4v) is 3.81. The van der Waals surface area contributed by atoms with Crippen LogP contribution in [-0.4, -0.2) is 27.5 Å². The van der Waals surface area contributed by atoms with Crippen LogP contribution in [0.2, 0.25) is 0 Å². The number of ether oxygens (including phenoxy) is 2. The normalized spacial score (nSPS) is 11.5. The number of carbonyl (C=O) groups is 1. The summed E-state index contributed by atoms with van der Waals surface area (Å²) < 4.78 is 23.7. The summed E-state index contributed by atoms with van der Waals surface area (Å²) in [5, 5.41) is 2.88. The summed E-state index contributed by atoms with van der Waals surface area (Å²) in [5.41, 5.74) is 1.15. The van der Waals surface area contributed by atoms with Crippen molar-refractivity contribution in [3.63, 3.8) is 0 Å². The Bertz CT molecular complexity index is 1040. The van der Waals surface area contributed by atoms with Gasteiger partial charge in [-0.1, -0.05) is 32.0 Å². The highest BCUT2D eigenvalue weighted by Gasteiger charge is 2.15. The van der Waals surface area contributed by atoms with Gasteiger partial charge in [-0.15, -0.1) is 0 Å². The molecule has 3 rings (SSSR count). The van der Waals surface area contributed by atoms with Crippen molar-refractivity contribution >= 4 is 16.7 Å². The fourth-order valence-electron chi connectivity index (χ4n) is 2.86. The second kappa shape index (κ2) is 11.3. The van der Waals surface area contributed by atoms with Crippen molar-refractivity contribution in [1.82, 2.24) is 10.3 Å². The largest absolute Gasteiger partial charge is 0.494 e. The number of nitrogens with one attached hydrogen (secondary N) is 1. The first-order valence-electron chi connectivity index (χ1n) is 10.2. The maximum absolute atomic E-state index is 12.7. The lowest BCUT2D eigenvalue weighted by atomic mass is 10.2. The van der Waals surface area contributed by atoms with E-state index in [0.29, 0.717) is 34.4 Å². The van der Waals surface area contributed by atoms with Crippen LogP contribution >= 0.6 is 0 Å². The molecular weight excluding hydrogens is 412 g/mol. The standard InChI is InChI=1S/C24H26N2O4S/c1-3-16-29-19-11-13-20(14-12-19)30-24-18(8-7-15-25-24)17-26-23(27)21-9-5-6-10-22(21)31(28)4-2/h5-15H,3-4,16-17H2,1-2H3,(H,26,27). The lowest BCUT2D eigenvalue weighted by molar-refractivity contribution is 0.0947. The summed E-state index contributed by atoms with van der Waals surface area (Å²) in [5.74, 6) is 1.98. The molecule has 0 aliphatic heterocycles. The van der Waals surface area contributed by atoms with Gasteiger partial charge in [0, 0.05) is 24.1 Å². The molecule has 0 radical (unpaired) electrons. The Morgan fingerprint density at radius 1 is 1.00 bits per heavy atom. The van der Waals surface area contributed by atoms with Gasteiger partial charge < -0.3 is 14.8 Å². The first-order chi connectivity index (χ1) is 15.1. The third kappa shape index (κ3) is 6.15. The summed E-state index contributed by atoms with van der Waals surface area (Å²) in [6, 6.07) is 17.9. The van der Waals surface area contributed by atoms with Crippen LogP contribution in [0.1, 0.15) is 36.2 Å². The van der Waals surface area contributed by atoms with E-state index in [9.17, 15) is 9.00 Å². The number of pyridine rings is 1. The minimum absolute atomic E-state index is 0.229. The van der Waals surface area contributed by atoms with Crippen molar-refractivity contribution in [2.45, 2.75) is 31.7 Å². The Morgan fingerprint density at radius 3 is 2.48 bits per heavy atom. The van der Waals surface area contributed by atoms with E-state index in [-0.39, 0.29) is 12.5 Å². The molecule has 1 N–H and O–H groups in total. The molecule has 6 nitrogen and oxygen atoms in total. The smallest absolute Gasteiger partial charge is 0.252 e. The van der Waals surface area contributed by atoms with Crippen LogP contribution in [0.4, 0.5) is 0 Å². The topological polar surface area (TPSA) is 77.5 Å². The van der Waals surface area contributed by atoms with Crippen molar-refractivity contribution < 1.29 is 18.5 Å². The van der Waals surface area contributed by atoms with Gasteiger partial charge in [0.15, 0.2) is 0 Å². The monoisotopic (exact) mass is 438 g/mol. The second-order valence-electron chi connectivity index (χ2n) is 6.70. The van der Waals surface area contributed by atoms with E-state index in [4.69, 9.17) is 9.47 Å². The Labute approximate surface area is 185 Å². The van der Waals surface area contributed by atoms with Crippen LogP contribution in [0.25, 0.3) is 0 Å². The van der Waals surface area contributed by atoms with Gasteiger partial charge >= 0.3 is 0 Å². The van der Waals surface area contributed by atoms with Crippen LogP contribution in [0, 0.1) is 0 Å². The van der Waals surface area contributed by atoms with Crippen molar-refractivity contribution in [3.05, 3.63) is 78.0 Å². The number of benzene rings is 2. The van der Waals surface area contributed by atoms with Crippen molar-refractivity contribution in [2.75, 3.05) is 12.4 Å². The molecule has 31 heavy (non-hydrogen) atoms. The van der Waals surface area contributed by atoms with Gasteiger partial charge in [0.25, 0.3) is 5.91 Å². The van der Waals surface area contributed by atoms with E-state index in [1.165, 1.54) is 0 Å². The zero-order chi connectivity index (χ0) is 22.1. The lowest BCUT2D eigenvalue weighted by Crippen LogP contribution is -2.24. The molecule has 1 atom stereocenters. The molecule has 0 aliphatic rings. The number of aromatic nitrogens is 1. The molecular formula is C24H26N2O4S.